The van der Waals surface area contributed by atoms with E-state index in [-0.39, 0.29) is 16.9 Å². The highest BCUT2D eigenvalue weighted by atomic mass is 32.2. The molecule has 0 aliphatic heterocycles. The van der Waals surface area contributed by atoms with Crippen LogP contribution >= 0.6 is 0 Å². The highest BCUT2D eigenvalue weighted by Gasteiger charge is 2.20. The van der Waals surface area contributed by atoms with Gasteiger partial charge >= 0.3 is 5.69 Å². The van der Waals surface area contributed by atoms with E-state index in [1.165, 1.54) is 24.3 Å². The maximum Gasteiger partial charge on any atom is 0.323 e. The number of aromatic amines is 2. The standard InChI is InChI=1S/C24H17N5O6S/c30-22-15(23(31)25-17-9-5-10-18-21(17)27-24(32)26-18)12-13-6-1-2-7-14(13)20(22)29-28-16-8-3-4-11-19(16)36(33,34)35/h1-12,30H,(H,25,31)(H2,26,27,32)(H,33,34,35). The monoisotopic (exact) mass is 503 g/mol. The summed E-state index contributed by atoms with van der Waals surface area (Å²) in [5, 5.41) is 22.7. The molecule has 5 rings (SSSR count). The summed E-state index contributed by atoms with van der Waals surface area (Å²) >= 11 is 0. The summed E-state index contributed by atoms with van der Waals surface area (Å²) in [6.07, 6.45) is 0. The van der Waals surface area contributed by atoms with Crippen LogP contribution in [0, 0.1) is 0 Å². The largest absolute Gasteiger partial charge is 0.505 e. The van der Waals surface area contributed by atoms with Gasteiger partial charge in [-0.1, -0.05) is 42.5 Å². The maximum atomic E-state index is 13.2. The molecule has 0 saturated heterocycles. The number of nitrogens with zero attached hydrogens (tertiary/aromatic N) is 2. The molecular formula is C24H17N5O6S. The smallest absolute Gasteiger partial charge is 0.323 e. The molecular weight excluding hydrogens is 486 g/mol. The van der Waals surface area contributed by atoms with Crippen molar-refractivity contribution in [2.45, 2.75) is 4.90 Å². The van der Waals surface area contributed by atoms with Crippen LogP contribution in [0.1, 0.15) is 10.4 Å². The summed E-state index contributed by atoms with van der Waals surface area (Å²) in [7, 11) is -4.57. The quantitative estimate of drug-likeness (QED) is 0.172. The molecule has 0 spiro atoms. The van der Waals surface area contributed by atoms with E-state index >= 15 is 0 Å². The fourth-order valence-electron chi connectivity index (χ4n) is 3.81. The maximum absolute atomic E-state index is 13.2. The Bertz CT molecular complexity index is 1860. The number of azo groups is 1. The molecule has 4 aromatic carbocycles. The Morgan fingerprint density at radius 1 is 0.917 bits per heavy atom. The molecule has 5 N–H and O–H groups in total. The lowest BCUT2D eigenvalue weighted by Crippen LogP contribution is -2.12. The summed E-state index contributed by atoms with van der Waals surface area (Å²) in [4.78, 5) is 29.6. The Kier molecular flexibility index (Phi) is 5.59. The molecule has 0 saturated carbocycles. The number of amides is 1. The number of hydrogen-bond acceptors (Lipinski definition) is 7. The second kappa shape index (κ2) is 8.76. The minimum atomic E-state index is -4.57. The Morgan fingerprint density at radius 3 is 2.47 bits per heavy atom. The van der Waals surface area contributed by atoms with E-state index in [0.717, 1.165) is 6.07 Å². The predicted molar refractivity (Wildman–Crippen MR) is 133 cm³/mol. The van der Waals surface area contributed by atoms with Gasteiger partial charge in [-0.25, -0.2) is 4.79 Å². The van der Waals surface area contributed by atoms with Crippen LogP contribution < -0.4 is 11.0 Å². The molecule has 0 radical (unpaired) electrons. The van der Waals surface area contributed by atoms with Gasteiger partial charge in [0.2, 0.25) is 0 Å². The van der Waals surface area contributed by atoms with E-state index in [1.807, 2.05) is 0 Å². The molecule has 0 fully saturated rings. The summed E-state index contributed by atoms with van der Waals surface area (Å²) in [5.41, 5.74) is 0.408. The molecule has 12 heteroatoms. The third-order valence-corrected chi connectivity index (χ3v) is 6.34. The first kappa shape index (κ1) is 23.0. The van der Waals surface area contributed by atoms with Crippen molar-refractivity contribution < 1.29 is 22.9 Å². The number of rotatable bonds is 5. The number of fused-ring (bicyclic) bond motifs is 2. The first-order valence-electron chi connectivity index (χ1n) is 10.5. The van der Waals surface area contributed by atoms with Gasteiger partial charge in [0, 0.05) is 5.39 Å². The van der Waals surface area contributed by atoms with Gasteiger partial charge in [-0.15, -0.1) is 10.2 Å². The van der Waals surface area contributed by atoms with Crippen molar-refractivity contribution in [2.75, 3.05) is 5.32 Å². The van der Waals surface area contributed by atoms with Gasteiger partial charge in [-0.3, -0.25) is 9.35 Å². The highest BCUT2D eigenvalue weighted by Crippen LogP contribution is 2.40. The number of anilines is 1. The second-order valence-electron chi connectivity index (χ2n) is 7.75. The van der Waals surface area contributed by atoms with Gasteiger partial charge in [0.25, 0.3) is 16.0 Å². The van der Waals surface area contributed by atoms with Crippen LogP contribution in [0.25, 0.3) is 21.8 Å². The summed E-state index contributed by atoms with van der Waals surface area (Å²) < 4.78 is 32.8. The third kappa shape index (κ3) is 4.21. The number of benzene rings is 4. The second-order valence-corrected chi connectivity index (χ2v) is 9.14. The fourth-order valence-corrected chi connectivity index (χ4v) is 4.43. The van der Waals surface area contributed by atoms with Crippen molar-refractivity contribution in [3.63, 3.8) is 0 Å². The van der Waals surface area contributed by atoms with E-state index in [1.54, 1.807) is 42.5 Å². The van der Waals surface area contributed by atoms with Crippen molar-refractivity contribution in [1.29, 1.82) is 0 Å². The number of H-pyrrole nitrogens is 2. The van der Waals surface area contributed by atoms with Crippen molar-refractivity contribution in [3.05, 3.63) is 88.8 Å². The van der Waals surface area contributed by atoms with Crippen molar-refractivity contribution in [2.24, 2.45) is 10.2 Å². The van der Waals surface area contributed by atoms with Crippen molar-refractivity contribution >= 4 is 54.9 Å². The first-order chi connectivity index (χ1) is 17.2. The SMILES string of the molecule is O=C(Nc1cccc2[nH]c(=O)[nH]c12)c1cc2ccccc2c(N=Nc2ccccc2S(=O)(=O)O)c1O. The van der Waals surface area contributed by atoms with E-state index in [9.17, 15) is 27.7 Å². The number of aromatic hydroxyl groups is 1. The average Bonchev–Trinajstić information content (AvgIpc) is 3.24. The number of phenols is 1. The molecule has 5 aromatic rings. The number of phenolic OH excluding ortho intramolecular Hbond substituents is 1. The van der Waals surface area contributed by atoms with E-state index in [2.05, 4.69) is 25.5 Å². The lowest BCUT2D eigenvalue weighted by Gasteiger charge is -2.11. The molecule has 11 nitrogen and oxygen atoms in total. The minimum absolute atomic E-state index is 0.0725. The van der Waals surface area contributed by atoms with Gasteiger partial charge in [0.05, 0.1) is 22.3 Å². The first-order valence-corrected chi connectivity index (χ1v) is 11.9. The molecule has 0 aliphatic rings. The number of nitrogens with one attached hydrogen (secondary N) is 3. The molecule has 180 valence electrons. The van der Waals surface area contributed by atoms with Gasteiger partial charge in [0.1, 0.15) is 16.3 Å². The number of carbonyl (C=O) groups excluding carboxylic acids is 1. The van der Waals surface area contributed by atoms with Gasteiger partial charge in [-0.05, 0) is 35.7 Å². The molecule has 36 heavy (non-hydrogen) atoms. The van der Waals surface area contributed by atoms with Crippen molar-refractivity contribution in [1.82, 2.24) is 9.97 Å². The van der Waals surface area contributed by atoms with Crippen LogP contribution in [0.2, 0.25) is 0 Å². The zero-order valence-corrected chi connectivity index (χ0v) is 19.1. The highest BCUT2D eigenvalue weighted by molar-refractivity contribution is 7.86. The lowest BCUT2D eigenvalue weighted by atomic mass is 10.0. The summed E-state index contributed by atoms with van der Waals surface area (Å²) in [6.45, 7) is 0. The number of hydrogen-bond donors (Lipinski definition) is 5. The normalized spacial score (nSPS) is 11.9. The molecule has 0 aliphatic carbocycles. The van der Waals surface area contributed by atoms with E-state index in [0.29, 0.717) is 27.5 Å². The zero-order chi connectivity index (χ0) is 25.4. The minimum Gasteiger partial charge on any atom is -0.505 e. The fraction of sp³-hybridized carbons (Fsp3) is 0. The molecule has 1 aromatic heterocycles. The number of aromatic nitrogens is 2. The Hall–Kier alpha value is -4.81. The van der Waals surface area contributed by atoms with Crippen LogP contribution in [0.4, 0.5) is 17.1 Å². The molecule has 0 bridgehead atoms. The third-order valence-electron chi connectivity index (χ3n) is 5.44. The molecule has 1 amide bonds. The van der Waals surface area contributed by atoms with Gasteiger partial charge in [0.15, 0.2) is 5.75 Å². The van der Waals surface area contributed by atoms with Crippen LogP contribution in [0.3, 0.4) is 0 Å². The van der Waals surface area contributed by atoms with Gasteiger partial charge < -0.3 is 20.4 Å². The topological polar surface area (TPSA) is 177 Å². The summed E-state index contributed by atoms with van der Waals surface area (Å²) in [5.74, 6) is -1.17. The van der Waals surface area contributed by atoms with Crippen LogP contribution in [-0.4, -0.2) is 34.0 Å². The van der Waals surface area contributed by atoms with Crippen LogP contribution in [0.15, 0.2) is 92.7 Å². The zero-order valence-electron chi connectivity index (χ0n) is 18.3. The van der Waals surface area contributed by atoms with E-state index in [4.69, 9.17) is 0 Å². The molecule has 1 heterocycles. The van der Waals surface area contributed by atoms with Gasteiger partial charge in [-0.2, -0.15) is 8.42 Å². The average molecular weight is 503 g/mol. The number of carbonyl (C=O) groups is 1. The predicted octanol–water partition coefficient (Wildman–Crippen LogP) is 4.63. The Balaban J connectivity index is 1.61. The molecule has 0 unspecified atom stereocenters. The number of para-hydroxylation sites is 1. The van der Waals surface area contributed by atoms with Crippen molar-refractivity contribution in [3.8, 4) is 5.75 Å². The lowest BCUT2D eigenvalue weighted by molar-refractivity contribution is 0.102. The van der Waals surface area contributed by atoms with E-state index < -0.39 is 32.4 Å². The Morgan fingerprint density at radius 2 is 1.67 bits per heavy atom. The molecule has 0 atom stereocenters. The van der Waals surface area contributed by atoms with Crippen LogP contribution in [-0.2, 0) is 10.1 Å². The number of imidazole rings is 1. The summed E-state index contributed by atoms with van der Waals surface area (Å²) in [6, 6.07) is 18.6. The Labute approximate surface area is 202 Å². The van der Waals surface area contributed by atoms with Crippen LogP contribution in [0.5, 0.6) is 5.75 Å².